The van der Waals surface area contributed by atoms with Gasteiger partial charge in [-0.05, 0) is 46.6 Å². The highest BCUT2D eigenvalue weighted by atomic mass is 79.9. The fourth-order valence-corrected chi connectivity index (χ4v) is 3.92. The average molecular weight is 510 g/mol. The average Bonchev–Trinajstić information content (AvgIpc) is 2.80. The predicted octanol–water partition coefficient (Wildman–Crippen LogP) is 3.07. The first kappa shape index (κ1) is 22.1. The molecule has 33 heavy (non-hydrogen) atoms. The molecule has 5 N–H and O–H groups in total. The second kappa shape index (κ2) is 8.79. The van der Waals surface area contributed by atoms with E-state index < -0.39 is 17.4 Å². The third-order valence-electron chi connectivity index (χ3n) is 4.95. The molecule has 0 saturated carbocycles. The minimum atomic E-state index is -0.679. The van der Waals surface area contributed by atoms with E-state index in [1.54, 1.807) is 18.3 Å². The number of hydrogen-bond donors (Lipinski definition) is 3. The summed E-state index contributed by atoms with van der Waals surface area (Å²) in [6.07, 6.45) is 3.46. The van der Waals surface area contributed by atoms with E-state index in [-0.39, 0.29) is 39.9 Å². The molecule has 4 aromatic rings. The Hall–Kier alpha value is -4.11. The summed E-state index contributed by atoms with van der Waals surface area (Å²) >= 11 is 3.32. The third-order valence-corrected chi connectivity index (χ3v) is 5.61. The maximum atomic E-state index is 14.7. The Balaban J connectivity index is 2.01. The molecular weight excluding hydrogens is 493 g/mol. The van der Waals surface area contributed by atoms with Crippen molar-refractivity contribution in [2.45, 2.75) is 19.4 Å². The number of nitrogens with two attached hydrogens (primary N) is 2. The molecule has 0 bridgehead atoms. The summed E-state index contributed by atoms with van der Waals surface area (Å²) in [4.78, 5) is 30.1. The third kappa shape index (κ3) is 3.94. The fourth-order valence-electron chi connectivity index (χ4n) is 3.43. The van der Waals surface area contributed by atoms with Crippen LogP contribution in [0, 0.1) is 17.1 Å². The van der Waals surface area contributed by atoms with E-state index in [2.05, 4.69) is 41.2 Å². The van der Waals surface area contributed by atoms with Gasteiger partial charge >= 0.3 is 0 Å². The molecule has 0 unspecified atom stereocenters. The van der Waals surface area contributed by atoms with Crippen molar-refractivity contribution in [3.63, 3.8) is 0 Å². The van der Waals surface area contributed by atoms with Crippen LogP contribution in [0.2, 0.25) is 0 Å². The highest BCUT2D eigenvalue weighted by Gasteiger charge is 2.24. The molecule has 3 aromatic heterocycles. The molecule has 0 radical (unpaired) electrons. The standard InChI is InChI=1S/C21H17BrFN9O/c1-2-14(28-18-11(8-24)17(25)30-21(26)31-18)19-29-16-13(23)6-5-12(22)15(16)20(33)32(19)10-4-3-7-27-9-10/h3-7,9,14H,2H2,1H3,(H5,25,26,28,30,31)/t14-/m0/s1. The van der Waals surface area contributed by atoms with Crippen LogP contribution in [-0.4, -0.2) is 24.5 Å². The van der Waals surface area contributed by atoms with Gasteiger partial charge in [0.2, 0.25) is 5.95 Å². The minimum Gasteiger partial charge on any atom is -0.382 e. The number of nitrogen functional groups attached to an aromatic ring is 2. The summed E-state index contributed by atoms with van der Waals surface area (Å²) in [5.74, 6) is -0.591. The van der Waals surface area contributed by atoms with Crippen molar-refractivity contribution in [3.8, 4) is 11.8 Å². The summed E-state index contributed by atoms with van der Waals surface area (Å²) in [6, 6.07) is 7.30. The summed E-state index contributed by atoms with van der Waals surface area (Å²) in [7, 11) is 0. The molecule has 0 aliphatic heterocycles. The number of nitriles is 1. The minimum absolute atomic E-state index is 0.00682. The van der Waals surface area contributed by atoms with Gasteiger partial charge in [-0.25, -0.2) is 9.37 Å². The predicted molar refractivity (Wildman–Crippen MR) is 125 cm³/mol. The molecule has 12 heteroatoms. The Morgan fingerprint density at radius 1 is 1.27 bits per heavy atom. The molecule has 0 fully saturated rings. The number of nitrogens with zero attached hydrogens (tertiary/aromatic N) is 6. The van der Waals surface area contributed by atoms with Crippen LogP contribution >= 0.6 is 15.9 Å². The van der Waals surface area contributed by atoms with Gasteiger partial charge in [0.25, 0.3) is 5.56 Å². The van der Waals surface area contributed by atoms with Gasteiger partial charge in [0.1, 0.15) is 34.6 Å². The van der Waals surface area contributed by atoms with Crippen LogP contribution in [-0.2, 0) is 0 Å². The van der Waals surface area contributed by atoms with Crippen LogP contribution in [0.3, 0.4) is 0 Å². The van der Waals surface area contributed by atoms with E-state index in [1.807, 2.05) is 13.0 Å². The Morgan fingerprint density at radius 2 is 2.06 bits per heavy atom. The van der Waals surface area contributed by atoms with E-state index in [0.29, 0.717) is 16.6 Å². The Bertz CT molecular complexity index is 1470. The van der Waals surface area contributed by atoms with Crippen LogP contribution in [0.4, 0.5) is 22.0 Å². The SMILES string of the molecule is CC[C@H](Nc1nc(N)nc(N)c1C#N)c1nc2c(F)ccc(Br)c2c(=O)n1-c1cccnc1. The van der Waals surface area contributed by atoms with E-state index in [9.17, 15) is 14.4 Å². The van der Waals surface area contributed by atoms with Gasteiger partial charge in [-0.1, -0.05) is 6.92 Å². The Labute approximate surface area is 195 Å². The molecule has 0 aliphatic carbocycles. The van der Waals surface area contributed by atoms with Gasteiger partial charge in [0.15, 0.2) is 5.82 Å². The molecule has 10 nitrogen and oxygen atoms in total. The molecule has 0 saturated heterocycles. The van der Waals surface area contributed by atoms with Crippen LogP contribution in [0.15, 0.2) is 45.9 Å². The lowest BCUT2D eigenvalue weighted by Gasteiger charge is -2.23. The van der Waals surface area contributed by atoms with E-state index in [1.165, 1.54) is 22.9 Å². The van der Waals surface area contributed by atoms with E-state index >= 15 is 0 Å². The quantitative estimate of drug-likeness (QED) is 0.366. The molecular formula is C21H17BrFN9O. The number of halogens is 2. The second-order valence-corrected chi connectivity index (χ2v) is 7.84. The molecule has 1 atom stereocenters. The monoisotopic (exact) mass is 509 g/mol. The largest absolute Gasteiger partial charge is 0.382 e. The zero-order chi connectivity index (χ0) is 23.7. The van der Waals surface area contributed by atoms with Gasteiger partial charge in [0.05, 0.1) is 23.3 Å². The van der Waals surface area contributed by atoms with Gasteiger partial charge < -0.3 is 16.8 Å². The molecule has 3 heterocycles. The highest BCUT2D eigenvalue weighted by molar-refractivity contribution is 9.10. The first-order chi connectivity index (χ1) is 15.8. The van der Waals surface area contributed by atoms with Crippen molar-refractivity contribution in [2.75, 3.05) is 16.8 Å². The number of fused-ring (bicyclic) bond motifs is 1. The topological polar surface area (TPSA) is 161 Å². The zero-order valence-corrected chi connectivity index (χ0v) is 18.8. The second-order valence-electron chi connectivity index (χ2n) is 6.98. The number of aromatic nitrogens is 5. The molecule has 0 aliphatic rings. The number of rotatable bonds is 5. The molecule has 166 valence electrons. The van der Waals surface area contributed by atoms with Crippen molar-refractivity contribution in [3.05, 3.63) is 68.7 Å². The van der Waals surface area contributed by atoms with Crippen molar-refractivity contribution in [2.24, 2.45) is 0 Å². The van der Waals surface area contributed by atoms with Gasteiger partial charge in [-0.3, -0.25) is 14.3 Å². The summed E-state index contributed by atoms with van der Waals surface area (Å²) in [5.41, 5.74) is 11.4. The molecule has 4 rings (SSSR count). The normalized spacial score (nSPS) is 11.8. The number of nitrogens with one attached hydrogen (secondary N) is 1. The first-order valence-corrected chi connectivity index (χ1v) is 10.6. The number of hydrogen-bond acceptors (Lipinski definition) is 9. The lowest BCUT2D eigenvalue weighted by Crippen LogP contribution is -2.29. The lowest BCUT2D eigenvalue weighted by molar-refractivity contribution is 0.624. The van der Waals surface area contributed by atoms with Gasteiger partial charge in [-0.15, -0.1) is 0 Å². The highest BCUT2D eigenvalue weighted by Crippen LogP contribution is 2.29. The lowest BCUT2D eigenvalue weighted by atomic mass is 10.1. The summed E-state index contributed by atoms with van der Waals surface area (Å²) in [6.45, 7) is 1.83. The van der Waals surface area contributed by atoms with Crippen molar-refractivity contribution < 1.29 is 4.39 Å². The smallest absolute Gasteiger partial charge is 0.267 e. The van der Waals surface area contributed by atoms with Crippen LogP contribution in [0.25, 0.3) is 16.6 Å². The van der Waals surface area contributed by atoms with Crippen molar-refractivity contribution >= 4 is 44.4 Å². The van der Waals surface area contributed by atoms with Crippen molar-refractivity contribution in [1.82, 2.24) is 24.5 Å². The molecule has 0 amide bonds. The number of pyridine rings is 1. The van der Waals surface area contributed by atoms with Gasteiger partial charge in [-0.2, -0.15) is 15.2 Å². The van der Waals surface area contributed by atoms with Crippen molar-refractivity contribution in [1.29, 1.82) is 5.26 Å². The van der Waals surface area contributed by atoms with Crippen LogP contribution < -0.4 is 22.3 Å². The van der Waals surface area contributed by atoms with Gasteiger partial charge in [0, 0.05) is 10.7 Å². The van der Waals surface area contributed by atoms with Crippen LogP contribution in [0.1, 0.15) is 30.8 Å². The fraction of sp³-hybridized carbons (Fsp3) is 0.143. The number of anilines is 3. The first-order valence-electron chi connectivity index (χ1n) is 9.76. The zero-order valence-electron chi connectivity index (χ0n) is 17.3. The van der Waals surface area contributed by atoms with E-state index in [0.717, 1.165) is 0 Å². The molecule has 1 aromatic carbocycles. The van der Waals surface area contributed by atoms with E-state index in [4.69, 9.17) is 11.5 Å². The number of benzene rings is 1. The summed E-state index contributed by atoms with van der Waals surface area (Å²) < 4.78 is 16.5. The Kier molecular flexibility index (Phi) is 5.89. The maximum absolute atomic E-state index is 14.7. The summed E-state index contributed by atoms with van der Waals surface area (Å²) in [5, 5.41) is 12.7. The van der Waals surface area contributed by atoms with Crippen LogP contribution in [0.5, 0.6) is 0 Å². The Morgan fingerprint density at radius 3 is 2.73 bits per heavy atom. The molecule has 0 spiro atoms. The maximum Gasteiger partial charge on any atom is 0.267 e.